The maximum Gasteiger partial charge on any atom is 0.123 e. The second kappa shape index (κ2) is 5.53. The van der Waals surface area contributed by atoms with Crippen molar-refractivity contribution < 1.29 is 4.39 Å². The van der Waals surface area contributed by atoms with Gasteiger partial charge >= 0.3 is 0 Å². The first kappa shape index (κ1) is 12.4. The molecule has 1 fully saturated rings. The standard InChI is InChI=1S/C15H18FN3/c16-12-7-5-11(6-8-12)14-10-18-15(19-14)13-4-2-1-3-9-17-13/h5-8,10,13,17H,1-4,9H2,(H,18,19). The van der Waals surface area contributed by atoms with Crippen LogP contribution in [0.2, 0.25) is 0 Å². The van der Waals surface area contributed by atoms with Crippen LogP contribution in [-0.2, 0) is 0 Å². The number of H-pyrrole nitrogens is 1. The summed E-state index contributed by atoms with van der Waals surface area (Å²) in [6.07, 6.45) is 6.72. The summed E-state index contributed by atoms with van der Waals surface area (Å²) >= 11 is 0. The van der Waals surface area contributed by atoms with Crippen molar-refractivity contribution in [2.45, 2.75) is 31.7 Å². The highest BCUT2D eigenvalue weighted by atomic mass is 19.1. The van der Waals surface area contributed by atoms with Gasteiger partial charge in [0, 0.05) is 0 Å². The van der Waals surface area contributed by atoms with Gasteiger partial charge < -0.3 is 10.3 Å². The molecule has 1 aliphatic rings. The number of aromatic amines is 1. The lowest BCUT2D eigenvalue weighted by Crippen LogP contribution is -2.21. The van der Waals surface area contributed by atoms with Gasteiger partial charge in [-0.3, -0.25) is 0 Å². The Bertz CT molecular complexity index is 525. The Morgan fingerprint density at radius 1 is 1.11 bits per heavy atom. The molecular formula is C15H18FN3. The number of halogens is 1. The Morgan fingerprint density at radius 2 is 1.95 bits per heavy atom. The molecule has 3 rings (SSSR count). The van der Waals surface area contributed by atoms with E-state index in [9.17, 15) is 4.39 Å². The molecule has 3 nitrogen and oxygen atoms in total. The zero-order valence-electron chi connectivity index (χ0n) is 10.8. The topological polar surface area (TPSA) is 40.7 Å². The summed E-state index contributed by atoms with van der Waals surface area (Å²) in [6, 6.07) is 6.80. The van der Waals surface area contributed by atoms with Crippen molar-refractivity contribution in [1.82, 2.24) is 15.3 Å². The highest BCUT2D eigenvalue weighted by Crippen LogP contribution is 2.23. The van der Waals surface area contributed by atoms with Crippen LogP contribution in [0.25, 0.3) is 11.3 Å². The van der Waals surface area contributed by atoms with E-state index in [1.165, 1.54) is 31.4 Å². The van der Waals surface area contributed by atoms with Gasteiger partial charge in [0.15, 0.2) is 0 Å². The monoisotopic (exact) mass is 259 g/mol. The predicted octanol–water partition coefficient (Wildman–Crippen LogP) is 3.42. The Labute approximate surface area is 112 Å². The van der Waals surface area contributed by atoms with Crippen LogP contribution < -0.4 is 5.32 Å². The largest absolute Gasteiger partial charge is 0.341 e. The average molecular weight is 259 g/mol. The maximum absolute atomic E-state index is 12.9. The van der Waals surface area contributed by atoms with Crippen molar-refractivity contribution >= 4 is 0 Å². The first-order valence-corrected chi connectivity index (χ1v) is 6.87. The van der Waals surface area contributed by atoms with Gasteiger partial charge in [-0.25, -0.2) is 9.37 Å². The Kier molecular flexibility index (Phi) is 3.60. The minimum atomic E-state index is -0.214. The molecule has 1 aromatic carbocycles. The van der Waals surface area contributed by atoms with Gasteiger partial charge in [-0.05, 0) is 49.2 Å². The molecule has 1 saturated heterocycles. The molecular weight excluding hydrogens is 241 g/mol. The number of aromatic nitrogens is 2. The predicted molar refractivity (Wildman–Crippen MR) is 73.2 cm³/mol. The van der Waals surface area contributed by atoms with Crippen LogP contribution >= 0.6 is 0 Å². The van der Waals surface area contributed by atoms with Crippen molar-refractivity contribution in [2.24, 2.45) is 0 Å². The second-order valence-corrected chi connectivity index (χ2v) is 5.05. The van der Waals surface area contributed by atoms with Crippen LogP contribution in [0.5, 0.6) is 0 Å². The zero-order chi connectivity index (χ0) is 13.1. The minimum absolute atomic E-state index is 0.214. The fraction of sp³-hybridized carbons (Fsp3) is 0.400. The van der Waals surface area contributed by atoms with Gasteiger partial charge in [0.25, 0.3) is 0 Å². The van der Waals surface area contributed by atoms with E-state index in [2.05, 4.69) is 15.3 Å². The molecule has 0 saturated carbocycles. The summed E-state index contributed by atoms with van der Waals surface area (Å²) in [5, 5.41) is 3.52. The molecule has 2 heterocycles. The van der Waals surface area contributed by atoms with Gasteiger partial charge in [0.05, 0.1) is 17.9 Å². The number of hydrogen-bond donors (Lipinski definition) is 2. The Balaban J connectivity index is 1.80. The highest BCUT2D eigenvalue weighted by molar-refractivity contribution is 5.58. The van der Waals surface area contributed by atoms with Crippen molar-refractivity contribution in [3.63, 3.8) is 0 Å². The number of imidazole rings is 1. The summed E-state index contributed by atoms with van der Waals surface area (Å²) in [6.45, 7) is 1.05. The van der Waals surface area contributed by atoms with E-state index < -0.39 is 0 Å². The number of hydrogen-bond acceptors (Lipinski definition) is 2. The molecule has 1 aromatic heterocycles. The first-order valence-electron chi connectivity index (χ1n) is 6.87. The van der Waals surface area contributed by atoms with Crippen LogP contribution in [0.15, 0.2) is 30.5 Å². The first-order chi connectivity index (χ1) is 9.33. The third kappa shape index (κ3) is 2.84. The van der Waals surface area contributed by atoms with Gasteiger partial charge in [0.1, 0.15) is 11.6 Å². The molecule has 0 amide bonds. The zero-order valence-corrected chi connectivity index (χ0v) is 10.8. The average Bonchev–Trinajstić information content (AvgIpc) is 2.76. The Hall–Kier alpha value is -1.68. The van der Waals surface area contributed by atoms with E-state index in [1.54, 1.807) is 12.1 Å². The number of nitrogens with one attached hydrogen (secondary N) is 2. The van der Waals surface area contributed by atoms with Gasteiger partial charge in [-0.1, -0.05) is 12.8 Å². The second-order valence-electron chi connectivity index (χ2n) is 5.05. The molecule has 1 aliphatic heterocycles. The fourth-order valence-corrected chi connectivity index (χ4v) is 2.55. The summed E-state index contributed by atoms with van der Waals surface area (Å²) in [5.41, 5.74) is 1.91. The summed E-state index contributed by atoms with van der Waals surface area (Å²) in [7, 11) is 0. The quantitative estimate of drug-likeness (QED) is 0.867. The summed E-state index contributed by atoms with van der Waals surface area (Å²) < 4.78 is 12.9. The molecule has 2 aromatic rings. The number of benzene rings is 1. The molecule has 4 heteroatoms. The third-order valence-corrected chi connectivity index (χ3v) is 3.64. The van der Waals surface area contributed by atoms with Crippen LogP contribution in [-0.4, -0.2) is 16.5 Å². The number of rotatable bonds is 2. The lowest BCUT2D eigenvalue weighted by atomic mass is 10.1. The van der Waals surface area contributed by atoms with Crippen LogP contribution in [0.4, 0.5) is 4.39 Å². The molecule has 100 valence electrons. The van der Waals surface area contributed by atoms with E-state index in [4.69, 9.17) is 0 Å². The van der Waals surface area contributed by atoms with Crippen molar-refractivity contribution in [1.29, 1.82) is 0 Å². The van der Waals surface area contributed by atoms with Crippen molar-refractivity contribution in [3.05, 3.63) is 42.1 Å². The lowest BCUT2D eigenvalue weighted by Gasteiger charge is -2.12. The van der Waals surface area contributed by atoms with Crippen LogP contribution in [0, 0.1) is 5.82 Å². The summed E-state index contributed by atoms with van der Waals surface area (Å²) in [4.78, 5) is 7.82. The molecule has 2 N–H and O–H groups in total. The maximum atomic E-state index is 12.9. The molecule has 0 spiro atoms. The molecule has 0 bridgehead atoms. The van der Waals surface area contributed by atoms with Crippen LogP contribution in [0.3, 0.4) is 0 Å². The molecule has 0 aliphatic carbocycles. The fourth-order valence-electron chi connectivity index (χ4n) is 2.55. The van der Waals surface area contributed by atoms with E-state index in [1.807, 2.05) is 6.20 Å². The smallest absolute Gasteiger partial charge is 0.123 e. The lowest BCUT2D eigenvalue weighted by molar-refractivity contribution is 0.512. The van der Waals surface area contributed by atoms with Gasteiger partial charge in [0.2, 0.25) is 0 Å². The molecule has 1 atom stereocenters. The van der Waals surface area contributed by atoms with Gasteiger partial charge in [-0.15, -0.1) is 0 Å². The Morgan fingerprint density at radius 3 is 2.79 bits per heavy atom. The van der Waals surface area contributed by atoms with Gasteiger partial charge in [-0.2, -0.15) is 0 Å². The van der Waals surface area contributed by atoms with E-state index in [0.29, 0.717) is 6.04 Å². The molecule has 19 heavy (non-hydrogen) atoms. The molecule has 1 unspecified atom stereocenters. The normalized spacial score (nSPS) is 20.2. The van der Waals surface area contributed by atoms with E-state index >= 15 is 0 Å². The highest BCUT2D eigenvalue weighted by Gasteiger charge is 2.16. The minimum Gasteiger partial charge on any atom is -0.341 e. The number of nitrogens with zero attached hydrogens (tertiary/aromatic N) is 1. The van der Waals surface area contributed by atoms with Crippen LogP contribution in [0.1, 0.15) is 37.5 Å². The third-order valence-electron chi connectivity index (χ3n) is 3.64. The van der Waals surface area contributed by atoms with Crippen molar-refractivity contribution in [3.8, 4) is 11.3 Å². The van der Waals surface area contributed by atoms with Crippen molar-refractivity contribution in [2.75, 3.05) is 6.54 Å². The summed E-state index contributed by atoms with van der Waals surface area (Å²) in [5.74, 6) is 0.773. The SMILES string of the molecule is Fc1ccc(-c2cnc(C3CCCCCN3)[nH]2)cc1. The molecule has 0 radical (unpaired) electrons. The van der Waals surface area contributed by atoms with E-state index in [0.717, 1.165) is 30.0 Å². The van der Waals surface area contributed by atoms with E-state index in [-0.39, 0.29) is 5.82 Å².